The first kappa shape index (κ1) is 16.1. The predicted octanol–water partition coefficient (Wildman–Crippen LogP) is 3.22. The van der Waals surface area contributed by atoms with Gasteiger partial charge in [-0.3, -0.25) is 4.90 Å². The van der Waals surface area contributed by atoms with E-state index in [9.17, 15) is 0 Å². The second kappa shape index (κ2) is 8.20. The van der Waals surface area contributed by atoms with Gasteiger partial charge in [-0.15, -0.1) is 0 Å². The molecule has 2 rings (SSSR count). The van der Waals surface area contributed by atoms with Crippen LogP contribution in [0, 0.1) is 0 Å². The Morgan fingerprint density at radius 1 is 1.38 bits per heavy atom. The molecule has 1 aromatic rings. The molecule has 0 radical (unpaired) electrons. The van der Waals surface area contributed by atoms with Gasteiger partial charge in [-0.1, -0.05) is 37.3 Å². The van der Waals surface area contributed by atoms with E-state index in [1.165, 1.54) is 24.0 Å². The van der Waals surface area contributed by atoms with Crippen LogP contribution in [0.4, 0.5) is 0 Å². The van der Waals surface area contributed by atoms with Crippen molar-refractivity contribution in [3.8, 4) is 5.75 Å². The van der Waals surface area contributed by atoms with Gasteiger partial charge in [0.25, 0.3) is 0 Å². The van der Waals surface area contributed by atoms with Crippen molar-refractivity contribution < 1.29 is 4.74 Å². The van der Waals surface area contributed by atoms with Crippen molar-refractivity contribution in [2.75, 3.05) is 26.2 Å². The summed E-state index contributed by atoms with van der Waals surface area (Å²) in [6.07, 6.45) is 2.63. The number of nitrogens with zero attached hydrogens (tertiary/aromatic N) is 1. The second-order valence-electron chi connectivity index (χ2n) is 5.94. The van der Waals surface area contributed by atoms with Crippen LogP contribution < -0.4 is 10.1 Å². The summed E-state index contributed by atoms with van der Waals surface area (Å²) >= 11 is 0. The van der Waals surface area contributed by atoms with E-state index in [0.717, 1.165) is 44.6 Å². The molecule has 3 nitrogen and oxygen atoms in total. The quantitative estimate of drug-likeness (QED) is 0.669. The van der Waals surface area contributed by atoms with Gasteiger partial charge in [-0.05, 0) is 32.4 Å². The molecule has 0 atom stereocenters. The fourth-order valence-electron chi connectivity index (χ4n) is 2.35. The molecule has 1 saturated carbocycles. The van der Waals surface area contributed by atoms with Gasteiger partial charge in [0.2, 0.25) is 0 Å². The number of rotatable bonds is 10. The van der Waals surface area contributed by atoms with Gasteiger partial charge in [0, 0.05) is 31.2 Å². The highest BCUT2D eigenvalue weighted by molar-refractivity contribution is 5.33. The van der Waals surface area contributed by atoms with E-state index in [1.54, 1.807) is 0 Å². The summed E-state index contributed by atoms with van der Waals surface area (Å²) in [7, 11) is 0. The van der Waals surface area contributed by atoms with E-state index in [2.05, 4.69) is 48.8 Å². The van der Waals surface area contributed by atoms with Crippen LogP contribution in [0.5, 0.6) is 5.75 Å². The fourth-order valence-corrected chi connectivity index (χ4v) is 2.35. The van der Waals surface area contributed by atoms with Crippen LogP contribution in [-0.2, 0) is 6.54 Å². The van der Waals surface area contributed by atoms with E-state index in [-0.39, 0.29) is 0 Å². The molecule has 0 heterocycles. The molecule has 0 aliphatic heterocycles. The molecule has 0 amide bonds. The maximum atomic E-state index is 5.99. The number of hydrogen-bond acceptors (Lipinski definition) is 3. The third kappa shape index (κ3) is 5.90. The Morgan fingerprint density at radius 2 is 2.14 bits per heavy atom. The number of likely N-dealkylation sites (N-methyl/N-ethyl adjacent to an activating group) is 1. The summed E-state index contributed by atoms with van der Waals surface area (Å²) in [6.45, 7) is 12.8. The van der Waals surface area contributed by atoms with Crippen LogP contribution in [0.1, 0.15) is 32.3 Å². The Kier molecular flexibility index (Phi) is 6.27. The summed E-state index contributed by atoms with van der Waals surface area (Å²) in [5, 5.41) is 3.55. The topological polar surface area (TPSA) is 24.5 Å². The van der Waals surface area contributed by atoms with E-state index >= 15 is 0 Å². The molecule has 0 unspecified atom stereocenters. The number of nitrogens with one attached hydrogen (secondary N) is 1. The lowest BCUT2D eigenvalue weighted by atomic mass is 10.2. The Hall–Kier alpha value is -1.32. The van der Waals surface area contributed by atoms with Gasteiger partial charge < -0.3 is 10.1 Å². The first-order chi connectivity index (χ1) is 10.2. The first-order valence-electron chi connectivity index (χ1n) is 8.00. The molecule has 1 aliphatic rings. The van der Waals surface area contributed by atoms with Gasteiger partial charge in [0.15, 0.2) is 0 Å². The summed E-state index contributed by atoms with van der Waals surface area (Å²) in [6, 6.07) is 9.07. The lowest BCUT2D eigenvalue weighted by molar-refractivity contribution is 0.225. The van der Waals surface area contributed by atoms with Gasteiger partial charge in [0.05, 0.1) is 0 Å². The predicted molar refractivity (Wildman–Crippen MR) is 88.7 cm³/mol. The Labute approximate surface area is 129 Å². The molecule has 1 aliphatic carbocycles. The number of para-hydroxylation sites is 1. The second-order valence-corrected chi connectivity index (χ2v) is 5.94. The van der Waals surface area contributed by atoms with Crippen molar-refractivity contribution in [3.05, 3.63) is 42.0 Å². The standard InChI is InChI=1S/C18H28N2O/c1-4-20(14-15(2)3)11-12-21-18-8-6-5-7-16(18)13-19-17-9-10-17/h5-8,17,19H,2,4,9-14H2,1,3H3. The molecule has 116 valence electrons. The maximum Gasteiger partial charge on any atom is 0.123 e. The molecule has 1 N–H and O–H groups in total. The normalized spacial score (nSPS) is 14.4. The van der Waals surface area contributed by atoms with Crippen molar-refractivity contribution in [1.29, 1.82) is 0 Å². The van der Waals surface area contributed by atoms with Gasteiger partial charge in [0.1, 0.15) is 12.4 Å². The number of hydrogen-bond donors (Lipinski definition) is 1. The zero-order valence-electron chi connectivity index (χ0n) is 13.4. The van der Waals surface area contributed by atoms with Crippen molar-refractivity contribution in [1.82, 2.24) is 10.2 Å². The van der Waals surface area contributed by atoms with Crippen LogP contribution >= 0.6 is 0 Å². The highest BCUT2D eigenvalue weighted by Gasteiger charge is 2.20. The smallest absolute Gasteiger partial charge is 0.123 e. The van der Waals surface area contributed by atoms with Crippen molar-refractivity contribution in [3.63, 3.8) is 0 Å². The van der Waals surface area contributed by atoms with Crippen molar-refractivity contribution in [2.24, 2.45) is 0 Å². The Balaban J connectivity index is 1.79. The third-order valence-electron chi connectivity index (χ3n) is 3.74. The number of ether oxygens (including phenoxy) is 1. The molecule has 21 heavy (non-hydrogen) atoms. The molecular weight excluding hydrogens is 260 g/mol. The van der Waals surface area contributed by atoms with Crippen molar-refractivity contribution >= 4 is 0 Å². The minimum absolute atomic E-state index is 0.724. The summed E-state index contributed by atoms with van der Waals surface area (Å²) in [4.78, 5) is 2.35. The number of benzene rings is 1. The largest absolute Gasteiger partial charge is 0.492 e. The van der Waals surface area contributed by atoms with Gasteiger partial charge in [-0.25, -0.2) is 0 Å². The monoisotopic (exact) mass is 288 g/mol. The highest BCUT2D eigenvalue weighted by atomic mass is 16.5. The summed E-state index contributed by atoms with van der Waals surface area (Å²) in [5.41, 5.74) is 2.46. The van der Waals surface area contributed by atoms with Crippen LogP contribution in [0.3, 0.4) is 0 Å². The SMILES string of the molecule is C=C(C)CN(CC)CCOc1ccccc1CNC1CC1. The highest BCUT2D eigenvalue weighted by Crippen LogP contribution is 2.22. The first-order valence-corrected chi connectivity index (χ1v) is 8.00. The zero-order valence-corrected chi connectivity index (χ0v) is 13.4. The molecule has 0 spiro atoms. The molecule has 0 bridgehead atoms. The van der Waals surface area contributed by atoms with Crippen LogP contribution in [0.15, 0.2) is 36.4 Å². The van der Waals surface area contributed by atoms with Crippen molar-refractivity contribution in [2.45, 2.75) is 39.3 Å². The molecule has 1 aromatic carbocycles. The van der Waals surface area contributed by atoms with E-state index in [4.69, 9.17) is 4.74 Å². The Bertz CT molecular complexity index is 454. The zero-order chi connectivity index (χ0) is 15.1. The van der Waals surface area contributed by atoms with Gasteiger partial charge >= 0.3 is 0 Å². The average molecular weight is 288 g/mol. The fraction of sp³-hybridized carbons (Fsp3) is 0.556. The molecular formula is C18H28N2O. The average Bonchev–Trinajstić information content (AvgIpc) is 3.29. The summed E-state index contributed by atoms with van der Waals surface area (Å²) in [5.74, 6) is 1.01. The van der Waals surface area contributed by atoms with E-state index in [1.807, 2.05) is 6.07 Å². The van der Waals surface area contributed by atoms with E-state index in [0.29, 0.717) is 0 Å². The van der Waals surface area contributed by atoms with Gasteiger partial charge in [-0.2, -0.15) is 0 Å². The third-order valence-corrected chi connectivity index (χ3v) is 3.74. The lowest BCUT2D eigenvalue weighted by Crippen LogP contribution is -2.29. The van der Waals surface area contributed by atoms with Crippen LogP contribution in [-0.4, -0.2) is 37.2 Å². The maximum absolute atomic E-state index is 5.99. The lowest BCUT2D eigenvalue weighted by Gasteiger charge is -2.21. The van der Waals surface area contributed by atoms with Crippen LogP contribution in [0.2, 0.25) is 0 Å². The minimum atomic E-state index is 0.724. The molecule has 0 aromatic heterocycles. The van der Waals surface area contributed by atoms with E-state index < -0.39 is 0 Å². The molecule has 3 heteroatoms. The Morgan fingerprint density at radius 3 is 2.81 bits per heavy atom. The summed E-state index contributed by atoms with van der Waals surface area (Å²) < 4.78 is 5.99. The molecule has 0 saturated heterocycles. The minimum Gasteiger partial charge on any atom is -0.492 e. The molecule has 1 fully saturated rings. The van der Waals surface area contributed by atoms with Crippen LogP contribution in [0.25, 0.3) is 0 Å².